The molecule has 0 atom stereocenters. The normalized spacial score (nSPS) is 11.6. The Morgan fingerprint density at radius 3 is 1.96 bits per heavy atom. The van der Waals surface area contributed by atoms with Crippen molar-refractivity contribution in [2.75, 3.05) is 5.75 Å². The maximum atomic E-state index is 4.96. The van der Waals surface area contributed by atoms with Crippen LogP contribution in [-0.2, 0) is 12.6 Å². The summed E-state index contributed by atoms with van der Waals surface area (Å²) in [5.41, 5.74) is 6.19. The van der Waals surface area contributed by atoms with Gasteiger partial charge in [0.05, 0.1) is 0 Å². The average Bonchev–Trinajstić information content (AvgIpc) is 2.53. The molecule has 0 amide bonds. The van der Waals surface area contributed by atoms with Crippen molar-refractivity contribution in [3.63, 3.8) is 0 Å². The van der Waals surface area contributed by atoms with E-state index in [9.17, 15) is 0 Å². The monoisotopic (exact) mass is 350 g/mol. The van der Waals surface area contributed by atoms with Gasteiger partial charge in [0.25, 0.3) is 0 Å². The molecule has 0 aliphatic carbocycles. The largest absolute Gasteiger partial charge is 1.00 e. The molecule has 0 saturated carbocycles. The molecule has 0 aliphatic rings. The van der Waals surface area contributed by atoms with E-state index in [1.54, 1.807) is 0 Å². The zero-order valence-electron chi connectivity index (χ0n) is 16.4. The Morgan fingerprint density at radius 2 is 1.54 bits per heavy atom. The second kappa shape index (κ2) is 16.0. The van der Waals surface area contributed by atoms with Crippen LogP contribution in [0.3, 0.4) is 0 Å². The summed E-state index contributed by atoms with van der Waals surface area (Å²) in [4.78, 5) is 0. The first kappa shape index (κ1) is 25.8. The number of hydrogen-bond acceptors (Lipinski definition) is 1. The summed E-state index contributed by atoms with van der Waals surface area (Å²) in [5, 5.41) is 0. The van der Waals surface area contributed by atoms with Crippen LogP contribution in [0.25, 0.3) is 11.1 Å². The molecular weight excluding hydrogens is 319 g/mol. The quantitative estimate of drug-likeness (QED) is 0.324. The molecule has 126 valence electrons. The summed E-state index contributed by atoms with van der Waals surface area (Å²) < 4.78 is 0. The maximum absolute atomic E-state index is 4.96. The molecule has 0 radical (unpaired) electrons. The fourth-order valence-corrected chi connectivity index (χ4v) is 2.22. The number of hydrogen-bond donors (Lipinski definition) is 0. The van der Waals surface area contributed by atoms with Gasteiger partial charge < -0.3 is 12.6 Å². The third-order valence-corrected chi connectivity index (χ3v) is 3.40. The molecule has 0 aromatic heterocycles. The standard InChI is InChI=1S/C19H24S.C3H8.Na/c1-5-8-16(4)19(9-6-7-14-20)18-12-10-17(11-13-18)15(2)3;1-3-2;/h5-8,10-13,20H,2,9,14H2,1,3-4H3;3H2,1-2H3;/q;;+1/p-1/b7-6+,8-5+,19-16+;;. The van der Waals surface area contributed by atoms with Crippen molar-refractivity contribution in [3.05, 3.63) is 71.8 Å². The van der Waals surface area contributed by atoms with E-state index in [4.69, 9.17) is 12.6 Å². The van der Waals surface area contributed by atoms with E-state index in [2.05, 4.69) is 69.8 Å². The smallest absolute Gasteiger partial charge is 0.789 e. The van der Waals surface area contributed by atoms with Gasteiger partial charge in [0.15, 0.2) is 0 Å². The third-order valence-electron chi connectivity index (χ3n) is 3.20. The molecule has 1 rings (SSSR count). The number of rotatable bonds is 6. The van der Waals surface area contributed by atoms with Crippen molar-refractivity contribution in [1.82, 2.24) is 0 Å². The third kappa shape index (κ3) is 10.4. The topological polar surface area (TPSA) is 0 Å². The van der Waals surface area contributed by atoms with Gasteiger partial charge in [-0.3, -0.25) is 0 Å². The van der Waals surface area contributed by atoms with E-state index in [-0.39, 0.29) is 29.6 Å². The molecule has 2 heteroatoms. The summed E-state index contributed by atoms with van der Waals surface area (Å²) >= 11 is 4.96. The van der Waals surface area contributed by atoms with Crippen LogP contribution in [0.4, 0.5) is 0 Å². The minimum absolute atomic E-state index is 0. The molecular formula is C22H31NaS. The van der Waals surface area contributed by atoms with Gasteiger partial charge in [0.2, 0.25) is 0 Å². The van der Waals surface area contributed by atoms with Crippen LogP contribution in [0.1, 0.15) is 58.6 Å². The van der Waals surface area contributed by atoms with Crippen molar-refractivity contribution in [2.24, 2.45) is 0 Å². The molecule has 24 heavy (non-hydrogen) atoms. The van der Waals surface area contributed by atoms with Crippen LogP contribution < -0.4 is 29.6 Å². The molecule has 0 heterocycles. The molecule has 1 aromatic rings. The molecule has 0 spiro atoms. The van der Waals surface area contributed by atoms with Crippen LogP contribution in [0.5, 0.6) is 0 Å². The predicted molar refractivity (Wildman–Crippen MR) is 111 cm³/mol. The summed E-state index contributed by atoms with van der Waals surface area (Å²) in [6, 6.07) is 8.62. The van der Waals surface area contributed by atoms with E-state index in [0.29, 0.717) is 5.75 Å². The maximum Gasteiger partial charge on any atom is 1.00 e. The van der Waals surface area contributed by atoms with Gasteiger partial charge in [-0.05, 0) is 49.5 Å². The summed E-state index contributed by atoms with van der Waals surface area (Å²) in [6.45, 7) is 14.5. The number of benzene rings is 1. The van der Waals surface area contributed by atoms with Gasteiger partial charge in [-0.25, -0.2) is 0 Å². The van der Waals surface area contributed by atoms with E-state index < -0.39 is 0 Å². The second-order valence-electron chi connectivity index (χ2n) is 5.57. The van der Waals surface area contributed by atoms with Gasteiger partial charge in [0.1, 0.15) is 0 Å². The average molecular weight is 351 g/mol. The van der Waals surface area contributed by atoms with E-state index in [1.807, 2.05) is 19.9 Å². The minimum atomic E-state index is 0. The Bertz CT molecular complexity index is 548. The molecule has 0 aliphatic heterocycles. The second-order valence-corrected chi connectivity index (χ2v) is 5.90. The van der Waals surface area contributed by atoms with Crippen molar-refractivity contribution >= 4 is 23.8 Å². The molecule has 0 fully saturated rings. The van der Waals surface area contributed by atoms with Gasteiger partial charge >= 0.3 is 29.6 Å². The Morgan fingerprint density at radius 1 is 1.04 bits per heavy atom. The number of allylic oxidation sites excluding steroid dienone is 6. The van der Waals surface area contributed by atoms with Crippen molar-refractivity contribution in [3.8, 4) is 0 Å². The molecule has 0 N–H and O–H groups in total. The molecule has 1 aromatic carbocycles. The van der Waals surface area contributed by atoms with Crippen LogP contribution in [-0.4, -0.2) is 5.75 Å². The first-order valence-electron chi connectivity index (χ1n) is 8.33. The van der Waals surface area contributed by atoms with Crippen LogP contribution in [0, 0.1) is 0 Å². The summed E-state index contributed by atoms with van der Waals surface area (Å²) in [5.74, 6) is 0.671. The molecule has 0 saturated heterocycles. The fourth-order valence-electron chi connectivity index (χ4n) is 2.08. The molecule has 0 bridgehead atoms. The van der Waals surface area contributed by atoms with Gasteiger partial charge in [-0.15, -0.1) is 6.08 Å². The van der Waals surface area contributed by atoms with Crippen LogP contribution in [0.2, 0.25) is 0 Å². The summed E-state index contributed by atoms with van der Waals surface area (Å²) in [6.07, 6.45) is 10.6. The first-order valence-corrected chi connectivity index (χ1v) is 8.91. The fraction of sp³-hybridized carbons (Fsp3) is 0.364. The molecule has 0 unspecified atom stereocenters. The van der Waals surface area contributed by atoms with Crippen molar-refractivity contribution in [1.29, 1.82) is 0 Å². The Balaban J connectivity index is 0. The Kier molecular flexibility index (Phi) is 17.2. The van der Waals surface area contributed by atoms with E-state index >= 15 is 0 Å². The van der Waals surface area contributed by atoms with Gasteiger partial charge in [-0.2, -0.15) is 5.75 Å². The molecule has 0 nitrogen and oxygen atoms in total. The zero-order chi connectivity index (χ0) is 17.7. The van der Waals surface area contributed by atoms with Gasteiger partial charge in [-0.1, -0.05) is 74.9 Å². The van der Waals surface area contributed by atoms with E-state index in [1.165, 1.54) is 28.7 Å². The minimum Gasteiger partial charge on any atom is -0.789 e. The van der Waals surface area contributed by atoms with E-state index in [0.717, 1.165) is 12.0 Å². The van der Waals surface area contributed by atoms with Crippen molar-refractivity contribution < 1.29 is 29.6 Å². The van der Waals surface area contributed by atoms with Gasteiger partial charge in [0, 0.05) is 0 Å². The Hall–Kier alpha value is -0.470. The van der Waals surface area contributed by atoms with Crippen molar-refractivity contribution in [2.45, 2.75) is 47.5 Å². The Labute approximate surface area is 177 Å². The van der Waals surface area contributed by atoms with Crippen LogP contribution >= 0.6 is 0 Å². The van der Waals surface area contributed by atoms with Crippen LogP contribution in [0.15, 0.2) is 60.7 Å². The first-order chi connectivity index (χ1) is 11.0. The predicted octanol–water partition coefficient (Wildman–Crippen LogP) is 3.98. The zero-order valence-corrected chi connectivity index (χ0v) is 19.2. The SMILES string of the molecule is C=C(C)c1ccc(/C(C/C=C/C[S-])=C(C)/C=C/C)cc1.CCC.[Na+]. The summed E-state index contributed by atoms with van der Waals surface area (Å²) in [7, 11) is 0.